The third-order valence-corrected chi connectivity index (χ3v) is 5.72. The number of ether oxygens (including phenoxy) is 1. The van der Waals surface area contributed by atoms with Crippen molar-refractivity contribution in [3.8, 4) is 5.75 Å². The number of rotatable bonds is 3. The monoisotopic (exact) mass is 386 g/mol. The largest absolute Gasteiger partial charge is 0.496 e. The number of Topliss-reactive ketones (excluding diaryl/α,β-unsaturated/α-hetero) is 1. The summed E-state index contributed by atoms with van der Waals surface area (Å²) in [6.45, 7) is 0. The van der Waals surface area contributed by atoms with E-state index in [0.717, 1.165) is 46.1 Å². The maximum Gasteiger partial charge on any atom is 0.163 e. The SMILES string of the molecule is COc1ccccc1[C@@H]1CC(=O)C2=C(C1)Nc1ccccc1N[C@@H]2c1ccco1. The molecular formula is C24H22N2O3. The van der Waals surface area contributed by atoms with Gasteiger partial charge in [-0.05, 0) is 42.3 Å². The first kappa shape index (κ1) is 17.6. The second kappa shape index (κ2) is 7.17. The highest BCUT2D eigenvalue weighted by molar-refractivity contribution is 6.01. The quantitative estimate of drug-likeness (QED) is 0.642. The lowest BCUT2D eigenvalue weighted by atomic mass is 9.79. The molecule has 3 aromatic rings. The van der Waals surface area contributed by atoms with Gasteiger partial charge in [-0.1, -0.05) is 30.3 Å². The second-order valence-electron chi connectivity index (χ2n) is 7.43. The number of ketones is 1. The van der Waals surface area contributed by atoms with E-state index in [9.17, 15) is 4.79 Å². The Morgan fingerprint density at radius 3 is 2.55 bits per heavy atom. The molecule has 0 saturated heterocycles. The van der Waals surface area contributed by atoms with Crippen LogP contribution in [0.2, 0.25) is 0 Å². The number of benzene rings is 2. The fourth-order valence-electron chi connectivity index (χ4n) is 4.38. The van der Waals surface area contributed by atoms with Crippen molar-refractivity contribution >= 4 is 17.2 Å². The fourth-order valence-corrected chi connectivity index (χ4v) is 4.38. The average molecular weight is 386 g/mol. The van der Waals surface area contributed by atoms with Crippen LogP contribution >= 0.6 is 0 Å². The summed E-state index contributed by atoms with van der Waals surface area (Å²) in [6, 6.07) is 19.4. The van der Waals surface area contributed by atoms with Crippen LogP contribution < -0.4 is 15.4 Å². The zero-order valence-corrected chi connectivity index (χ0v) is 16.1. The molecule has 0 fully saturated rings. The molecular weight excluding hydrogens is 364 g/mol. The van der Waals surface area contributed by atoms with Crippen LogP contribution in [0.3, 0.4) is 0 Å². The summed E-state index contributed by atoms with van der Waals surface area (Å²) in [5.74, 6) is 1.74. The van der Waals surface area contributed by atoms with Crippen molar-refractivity contribution in [1.82, 2.24) is 0 Å². The number of allylic oxidation sites excluding steroid dienone is 1. The molecule has 29 heavy (non-hydrogen) atoms. The minimum Gasteiger partial charge on any atom is -0.496 e. The van der Waals surface area contributed by atoms with Gasteiger partial charge in [-0.2, -0.15) is 0 Å². The smallest absolute Gasteiger partial charge is 0.163 e. The van der Waals surface area contributed by atoms with Crippen LogP contribution in [0, 0.1) is 0 Å². The minimum absolute atomic E-state index is 0.0624. The molecule has 5 heteroatoms. The maximum atomic E-state index is 13.4. The second-order valence-corrected chi connectivity index (χ2v) is 7.43. The zero-order chi connectivity index (χ0) is 19.8. The first-order chi connectivity index (χ1) is 14.2. The third-order valence-electron chi connectivity index (χ3n) is 5.72. The van der Waals surface area contributed by atoms with E-state index in [0.29, 0.717) is 6.42 Å². The summed E-state index contributed by atoms with van der Waals surface area (Å²) in [5, 5.41) is 7.04. The number of carbonyl (C=O) groups excluding carboxylic acids is 1. The predicted molar refractivity (Wildman–Crippen MR) is 112 cm³/mol. The molecule has 2 atom stereocenters. The molecule has 5 nitrogen and oxygen atoms in total. The number of para-hydroxylation sites is 3. The van der Waals surface area contributed by atoms with E-state index in [1.54, 1.807) is 13.4 Å². The first-order valence-electron chi connectivity index (χ1n) is 9.79. The van der Waals surface area contributed by atoms with E-state index in [1.807, 2.05) is 54.6 Å². The first-order valence-corrected chi connectivity index (χ1v) is 9.79. The number of hydrogen-bond acceptors (Lipinski definition) is 5. The van der Waals surface area contributed by atoms with Gasteiger partial charge in [0.15, 0.2) is 5.78 Å². The van der Waals surface area contributed by atoms with Gasteiger partial charge in [-0.15, -0.1) is 0 Å². The molecule has 0 unspecified atom stereocenters. The number of carbonyl (C=O) groups is 1. The van der Waals surface area contributed by atoms with Crippen molar-refractivity contribution in [2.75, 3.05) is 17.7 Å². The molecule has 1 aliphatic heterocycles. The highest BCUT2D eigenvalue weighted by Crippen LogP contribution is 2.45. The van der Waals surface area contributed by atoms with Gasteiger partial charge in [0.25, 0.3) is 0 Å². The summed E-state index contributed by atoms with van der Waals surface area (Å²) in [5.41, 5.74) is 4.67. The number of methoxy groups -OCH3 is 1. The van der Waals surface area contributed by atoms with Crippen LogP contribution in [0.25, 0.3) is 0 Å². The summed E-state index contributed by atoms with van der Waals surface area (Å²) in [4.78, 5) is 13.4. The van der Waals surface area contributed by atoms with Crippen molar-refractivity contribution in [3.63, 3.8) is 0 Å². The van der Waals surface area contributed by atoms with E-state index in [4.69, 9.17) is 9.15 Å². The molecule has 0 amide bonds. The Balaban J connectivity index is 1.61. The molecule has 2 N–H and O–H groups in total. The predicted octanol–water partition coefficient (Wildman–Crippen LogP) is 5.27. The minimum atomic E-state index is -0.317. The Morgan fingerprint density at radius 2 is 1.76 bits per heavy atom. The van der Waals surface area contributed by atoms with Crippen LogP contribution in [0.15, 0.2) is 82.6 Å². The van der Waals surface area contributed by atoms with Crippen molar-refractivity contribution in [1.29, 1.82) is 0 Å². The molecule has 2 aromatic carbocycles. The van der Waals surface area contributed by atoms with Gasteiger partial charge in [0, 0.05) is 23.6 Å². The van der Waals surface area contributed by atoms with Gasteiger partial charge in [0.1, 0.15) is 17.6 Å². The summed E-state index contributed by atoms with van der Waals surface area (Å²) in [6.07, 6.45) is 2.82. The molecule has 2 heterocycles. The molecule has 146 valence electrons. The molecule has 2 aliphatic rings. The lowest BCUT2D eigenvalue weighted by Crippen LogP contribution is -2.26. The van der Waals surface area contributed by atoms with Crippen LogP contribution in [0.5, 0.6) is 5.75 Å². The number of nitrogens with one attached hydrogen (secondary N) is 2. The summed E-state index contributed by atoms with van der Waals surface area (Å²) in [7, 11) is 1.67. The maximum absolute atomic E-state index is 13.4. The average Bonchev–Trinajstić information content (AvgIpc) is 3.22. The molecule has 0 bridgehead atoms. The van der Waals surface area contributed by atoms with Crippen molar-refractivity contribution in [2.45, 2.75) is 24.8 Å². The molecule has 1 aliphatic carbocycles. The standard InChI is InChI=1S/C24H22N2O3/c1-28-21-10-5-2-7-16(21)15-13-19-23(20(27)14-15)24(22-11-6-12-29-22)26-18-9-4-3-8-17(18)25-19/h2-12,15,24-26H,13-14H2,1H3/t15-,24+/m0/s1. The Labute approximate surface area is 169 Å². The van der Waals surface area contributed by atoms with Gasteiger partial charge >= 0.3 is 0 Å². The Hall–Kier alpha value is -3.47. The summed E-state index contributed by atoms with van der Waals surface area (Å²) >= 11 is 0. The van der Waals surface area contributed by atoms with E-state index >= 15 is 0 Å². The lowest BCUT2D eigenvalue weighted by Gasteiger charge is -2.29. The zero-order valence-electron chi connectivity index (χ0n) is 16.1. The van der Waals surface area contributed by atoms with E-state index in [1.165, 1.54) is 0 Å². The number of fused-ring (bicyclic) bond motifs is 1. The van der Waals surface area contributed by atoms with Crippen LogP contribution in [0.1, 0.15) is 36.1 Å². The highest BCUT2D eigenvalue weighted by Gasteiger charge is 2.37. The van der Waals surface area contributed by atoms with Crippen LogP contribution in [0.4, 0.5) is 11.4 Å². The van der Waals surface area contributed by atoms with Gasteiger partial charge < -0.3 is 19.8 Å². The Kier molecular flexibility index (Phi) is 4.35. The van der Waals surface area contributed by atoms with Crippen molar-refractivity contribution in [2.24, 2.45) is 0 Å². The molecule has 0 spiro atoms. The Morgan fingerprint density at radius 1 is 0.966 bits per heavy atom. The fraction of sp³-hybridized carbons (Fsp3) is 0.208. The molecule has 0 saturated carbocycles. The number of anilines is 2. The lowest BCUT2D eigenvalue weighted by molar-refractivity contribution is -0.116. The third kappa shape index (κ3) is 3.09. The highest BCUT2D eigenvalue weighted by atomic mass is 16.5. The van der Waals surface area contributed by atoms with Gasteiger partial charge in [0.05, 0.1) is 24.7 Å². The van der Waals surface area contributed by atoms with E-state index in [2.05, 4.69) is 16.7 Å². The topological polar surface area (TPSA) is 63.5 Å². The molecule has 1 aromatic heterocycles. The molecule has 5 rings (SSSR count). The molecule has 0 radical (unpaired) electrons. The van der Waals surface area contributed by atoms with E-state index < -0.39 is 0 Å². The normalized spacial score (nSPS) is 20.8. The van der Waals surface area contributed by atoms with Crippen LogP contribution in [-0.2, 0) is 4.79 Å². The number of furan rings is 1. The van der Waals surface area contributed by atoms with Crippen molar-refractivity contribution < 1.29 is 13.9 Å². The number of hydrogen-bond donors (Lipinski definition) is 2. The van der Waals surface area contributed by atoms with E-state index in [-0.39, 0.29) is 17.7 Å². The van der Waals surface area contributed by atoms with Crippen molar-refractivity contribution in [3.05, 3.63) is 89.5 Å². The van der Waals surface area contributed by atoms with Gasteiger partial charge in [-0.25, -0.2) is 0 Å². The summed E-state index contributed by atoms with van der Waals surface area (Å²) < 4.78 is 11.2. The van der Waals surface area contributed by atoms with Gasteiger partial charge in [0.2, 0.25) is 0 Å². The van der Waals surface area contributed by atoms with Crippen LogP contribution in [-0.4, -0.2) is 12.9 Å². The Bertz CT molecular complexity index is 1090. The van der Waals surface area contributed by atoms with Gasteiger partial charge in [-0.3, -0.25) is 4.79 Å².